The number of unbranched alkanes of at least 4 members (excludes halogenated alkanes) is 24. The average molecular weight is 692 g/mol. The van der Waals surface area contributed by atoms with Gasteiger partial charge in [0.05, 0.1) is 13.2 Å². The van der Waals surface area contributed by atoms with Gasteiger partial charge in [0.1, 0.15) is 12.7 Å². The summed E-state index contributed by atoms with van der Waals surface area (Å²) < 4.78 is 26.7. The van der Waals surface area contributed by atoms with Crippen LogP contribution in [0.5, 0.6) is 0 Å². The molecule has 0 rings (SSSR count). The third-order valence-corrected chi connectivity index (χ3v) is 9.52. The van der Waals surface area contributed by atoms with E-state index in [1.54, 1.807) is 0 Å². The van der Waals surface area contributed by atoms with E-state index < -0.39 is 26.5 Å². The zero-order valence-corrected chi connectivity index (χ0v) is 31.4. The highest BCUT2D eigenvalue weighted by Gasteiger charge is 2.23. The molecule has 2 atom stereocenters. The number of carbonyl (C=O) groups excluding carboxylic acids is 2. The zero-order chi connectivity index (χ0) is 34.7. The standard InChI is InChI=1S/C37H74NO8P/c1-3-5-7-9-11-12-13-14-15-16-17-18-19-20-21-22-23-24-26-28-30-37(41)44-33-35(39)34-46-47(42,43)45-32-31-38-36(40)29-27-25-10-8-6-4-2/h35,39H,3-34H2,1-2H3,(H,38,40)(H,42,43). The van der Waals surface area contributed by atoms with Gasteiger partial charge in [-0.15, -0.1) is 0 Å². The molecule has 0 spiro atoms. The molecule has 9 nitrogen and oxygen atoms in total. The second-order valence-electron chi connectivity index (χ2n) is 13.3. The molecule has 0 aliphatic heterocycles. The fourth-order valence-corrected chi connectivity index (χ4v) is 6.31. The van der Waals surface area contributed by atoms with Crippen molar-refractivity contribution in [1.29, 1.82) is 0 Å². The van der Waals surface area contributed by atoms with Crippen LogP contribution in [-0.4, -0.2) is 54.3 Å². The van der Waals surface area contributed by atoms with Crippen LogP contribution in [-0.2, 0) is 27.9 Å². The first-order valence-electron chi connectivity index (χ1n) is 19.5. The molecule has 2 unspecified atom stereocenters. The van der Waals surface area contributed by atoms with Gasteiger partial charge in [0.25, 0.3) is 0 Å². The smallest absolute Gasteiger partial charge is 0.463 e. The van der Waals surface area contributed by atoms with Crippen LogP contribution in [0.3, 0.4) is 0 Å². The molecule has 0 aromatic carbocycles. The molecule has 0 bridgehead atoms. The molecule has 10 heteroatoms. The number of nitrogens with one attached hydrogen (secondary N) is 1. The molecule has 0 fully saturated rings. The van der Waals surface area contributed by atoms with Crippen LogP contribution < -0.4 is 5.32 Å². The van der Waals surface area contributed by atoms with E-state index in [9.17, 15) is 24.2 Å². The molecule has 0 saturated carbocycles. The largest absolute Gasteiger partial charge is 0.472 e. The summed E-state index contributed by atoms with van der Waals surface area (Å²) in [6, 6.07) is 0. The number of aliphatic hydroxyl groups is 1. The molecular weight excluding hydrogens is 617 g/mol. The Bertz CT molecular complexity index is 754. The number of carbonyl (C=O) groups is 2. The molecule has 0 saturated heterocycles. The molecule has 1 amide bonds. The predicted octanol–water partition coefficient (Wildman–Crippen LogP) is 10.1. The van der Waals surface area contributed by atoms with E-state index >= 15 is 0 Å². The van der Waals surface area contributed by atoms with Gasteiger partial charge in [0.2, 0.25) is 5.91 Å². The van der Waals surface area contributed by atoms with Gasteiger partial charge < -0.3 is 20.1 Å². The SMILES string of the molecule is CCCCCCCCCCCCCCCCCCCCCCC(=O)OCC(O)COP(=O)(O)OCCNC(=O)CCCCCCCC. The maximum Gasteiger partial charge on any atom is 0.472 e. The number of rotatable bonds is 37. The highest BCUT2D eigenvalue weighted by Crippen LogP contribution is 2.42. The van der Waals surface area contributed by atoms with E-state index in [2.05, 4.69) is 19.2 Å². The minimum absolute atomic E-state index is 0.0856. The number of phosphoric ester groups is 1. The summed E-state index contributed by atoms with van der Waals surface area (Å²) in [5.41, 5.74) is 0. The average Bonchev–Trinajstić information content (AvgIpc) is 3.05. The minimum Gasteiger partial charge on any atom is -0.463 e. The van der Waals surface area contributed by atoms with Crippen molar-refractivity contribution in [3.05, 3.63) is 0 Å². The lowest BCUT2D eigenvalue weighted by molar-refractivity contribution is -0.147. The lowest BCUT2D eigenvalue weighted by Crippen LogP contribution is -2.27. The number of aliphatic hydroxyl groups excluding tert-OH is 1. The quantitative estimate of drug-likeness (QED) is 0.0333. The first-order chi connectivity index (χ1) is 22.8. The van der Waals surface area contributed by atoms with Crippen molar-refractivity contribution in [2.75, 3.05) is 26.4 Å². The number of amides is 1. The Hall–Kier alpha value is -0.990. The molecule has 0 radical (unpaired) electrons. The third kappa shape index (κ3) is 36.1. The molecular formula is C37H74NO8P. The van der Waals surface area contributed by atoms with E-state index in [1.165, 1.54) is 128 Å². The highest BCUT2D eigenvalue weighted by molar-refractivity contribution is 7.47. The summed E-state index contributed by atoms with van der Waals surface area (Å²) in [5.74, 6) is -0.517. The van der Waals surface area contributed by atoms with Gasteiger partial charge in [-0.2, -0.15) is 0 Å². The van der Waals surface area contributed by atoms with Gasteiger partial charge in [0.15, 0.2) is 0 Å². The molecule has 0 aromatic rings. The van der Waals surface area contributed by atoms with Crippen LogP contribution >= 0.6 is 7.82 Å². The van der Waals surface area contributed by atoms with Crippen LogP contribution in [0.15, 0.2) is 0 Å². The molecule has 0 heterocycles. The topological polar surface area (TPSA) is 131 Å². The van der Waals surface area contributed by atoms with Gasteiger partial charge in [0, 0.05) is 19.4 Å². The van der Waals surface area contributed by atoms with Gasteiger partial charge >= 0.3 is 13.8 Å². The van der Waals surface area contributed by atoms with E-state index in [0.717, 1.165) is 38.5 Å². The van der Waals surface area contributed by atoms with Crippen LogP contribution in [0.4, 0.5) is 0 Å². The molecule has 0 aliphatic carbocycles. The Kier molecular flexibility index (Phi) is 34.1. The van der Waals surface area contributed by atoms with Gasteiger partial charge in [-0.05, 0) is 12.8 Å². The summed E-state index contributed by atoms with van der Waals surface area (Å²) in [7, 11) is -4.39. The summed E-state index contributed by atoms with van der Waals surface area (Å²) in [5, 5.41) is 12.6. The maximum atomic E-state index is 12.0. The molecule has 0 aromatic heterocycles. The highest BCUT2D eigenvalue weighted by atomic mass is 31.2. The summed E-state index contributed by atoms with van der Waals surface area (Å²) >= 11 is 0. The van der Waals surface area contributed by atoms with Crippen molar-refractivity contribution in [3.63, 3.8) is 0 Å². The molecule has 47 heavy (non-hydrogen) atoms. The van der Waals surface area contributed by atoms with Crippen molar-refractivity contribution < 1.29 is 37.9 Å². The van der Waals surface area contributed by atoms with Crippen molar-refractivity contribution in [2.45, 2.75) is 200 Å². The zero-order valence-electron chi connectivity index (χ0n) is 30.5. The third-order valence-electron chi connectivity index (χ3n) is 8.54. The number of phosphoric acid groups is 1. The Balaban J connectivity index is 3.52. The monoisotopic (exact) mass is 692 g/mol. The van der Waals surface area contributed by atoms with Gasteiger partial charge in [-0.25, -0.2) is 4.57 Å². The second kappa shape index (κ2) is 34.9. The lowest BCUT2D eigenvalue weighted by atomic mass is 10.0. The van der Waals surface area contributed by atoms with E-state index in [4.69, 9.17) is 13.8 Å². The Morgan fingerprint density at radius 1 is 0.574 bits per heavy atom. The van der Waals surface area contributed by atoms with Gasteiger partial charge in [-0.1, -0.05) is 168 Å². The fraction of sp³-hybridized carbons (Fsp3) is 0.946. The van der Waals surface area contributed by atoms with Crippen LogP contribution in [0, 0.1) is 0 Å². The Morgan fingerprint density at radius 3 is 1.38 bits per heavy atom. The van der Waals surface area contributed by atoms with E-state index in [-0.39, 0.29) is 25.7 Å². The number of ether oxygens (including phenoxy) is 1. The number of hydrogen-bond acceptors (Lipinski definition) is 7. The van der Waals surface area contributed by atoms with E-state index in [0.29, 0.717) is 12.8 Å². The van der Waals surface area contributed by atoms with Crippen LogP contribution in [0.2, 0.25) is 0 Å². The van der Waals surface area contributed by atoms with Crippen molar-refractivity contribution in [2.24, 2.45) is 0 Å². The van der Waals surface area contributed by atoms with Crippen LogP contribution in [0.1, 0.15) is 194 Å². The summed E-state index contributed by atoms with van der Waals surface area (Å²) in [6.07, 6.45) is 32.1. The molecule has 3 N–H and O–H groups in total. The molecule has 280 valence electrons. The lowest BCUT2D eigenvalue weighted by Gasteiger charge is -2.15. The summed E-state index contributed by atoms with van der Waals surface area (Å²) in [6.45, 7) is 3.51. The first-order valence-corrected chi connectivity index (χ1v) is 21.0. The molecule has 0 aliphatic rings. The Labute approximate surface area is 288 Å². The van der Waals surface area contributed by atoms with Crippen LogP contribution in [0.25, 0.3) is 0 Å². The van der Waals surface area contributed by atoms with Crippen molar-refractivity contribution in [3.8, 4) is 0 Å². The number of hydrogen-bond donors (Lipinski definition) is 3. The first kappa shape index (κ1) is 46.0. The van der Waals surface area contributed by atoms with Gasteiger partial charge in [-0.3, -0.25) is 18.6 Å². The number of esters is 1. The summed E-state index contributed by atoms with van der Waals surface area (Å²) in [4.78, 5) is 33.5. The predicted molar refractivity (Wildman–Crippen MR) is 192 cm³/mol. The van der Waals surface area contributed by atoms with Crippen molar-refractivity contribution in [1.82, 2.24) is 5.32 Å². The normalized spacial score (nSPS) is 13.4. The maximum absolute atomic E-state index is 12.0. The fourth-order valence-electron chi connectivity index (χ4n) is 5.56. The Morgan fingerprint density at radius 2 is 0.957 bits per heavy atom. The second-order valence-corrected chi connectivity index (χ2v) is 14.7. The van der Waals surface area contributed by atoms with E-state index in [1.807, 2.05) is 0 Å². The van der Waals surface area contributed by atoms with Crippen molar-refractivity contribution >= 4 is 19.7 Å². The minimum atomic E-state index is -4.39.